The number of rotatable bonds is 7. The van der Waals surface area contributed by atoms with Crippen molar-refractivity contribution in [2.24, 2.45) is 0 Å². The predicted molar refractivity (Wildman–Crippen MR) is 82.5 cm³/mol. The van der Waals surface area contributed by atoms with Crippen molar-refractivity contribution >= 4 is 10.8 Å². The predicted octanol–water partition coefficient (Wildman–Crippen LogP) is 3.88. The van der Waals surface area contributed by atoms with Crippen LogP contribution in [0.15, 0.2) is 36.4 Å². The van der Waals surface area contributed by atoms with Gasteiger partial charge >= 0.3 is 0 Å². The minimum Gasteiger partial charge on any atom is -0.494 e. The van der Waals surface area contributed by atoms with Gasteiger partial charge in [-0.2, -0.15) is 5.06 Å². The highest BCUT2D eigenvalue weighted by atomic mass is 16.5. The molecule has 0 aliphatic carbocycles. The van der Waals surface area contributed by atoms with E-state index < -0.39 is 0 Å². The maximum atomic E-state index is 9.47. The second kappa shape index (κ2) is 7.27. The van der Waals surface area contributed by atoms with Crippen molar-refractivity contribution in [3.05, 3.63) is 42.0 Å². The van der Waals surface area contributed by atoms with Crippen LogP contribution in [0.4, 0.5) is 0 Å². The molecular weight excluding hydrogens is 250 g/mol. The normalized spacial score (nSPS) is 11.2. The summed E-state index contributed by atoms with van der Waals surface area (Å²) < 4.78 is 5.65. The van der Waals surface area contributed by atoms with Gasteiger partial charge in [-0.1, -0.05) is 38.1 Å². The topological polar surface area (TPSA) is 32.7 Å². The molecule has 0 saturated carbocycles. The van der Waals surface area contributed by atoms with Crippen molar-refractivity contribution in [1.82, 2.24) is 5.06 Å². The van der Waals surface area contributed by atoms with Crippen molar-refractivity contribution in [2.75, 3.05) is 19.7 Å². The van der Waals surface area contributed by atoms with Gasteiger partial charge in [-0.3, -0.25) is 0 Å². The molecule has 3 heteroatoms. The summed E-state index contributed by atoms with van der Waals surface area (Å²) in [5, 5.41) is 13.2. The summed E-state index contributed by atoms with van der Waals surface area (Å²) in [4.78, 5) is 0. The fraction of sp³-hybridized carbons (Fsp3) is 0.412. The van der Waals surface area contributed by atoms with Gasteiger partial charge in [-0.15, -0.1) is 0 Å². The van der Waals surface area contributed by atoms with Crippen LogP contribution >= 0.6 is 0 Å². The first-order valence-corrected chi connectivity index (χ1v) is 7.32. The zero-order chi connectivity index (χ0) is 14.4. The van der Waals surface area contributed by atoms with Crippen LogP contribution in [-0.2, 0) is 6.42 Å². The molecule has 0 fully saturated rings. The van der Waals surface area contributed by atoms with Crippen LogP contribution < -0.4 is 4.74 Å². The van der Waals surface area contributed by atoms with Crippen LogP contribution in [0.1, 0.15) is 25.8 Å². The Balaban J connectivity index is 2.10. The fourth-order valence-electron chi connectivity index (χ4n) is 2.15. The van der Waals surface area contributed by atoms with Crippen molar-refractivity contribution in [2.45, 2.75) is 26.7 Å². The van der Waals surface area contributed by atoms with E-state index >= 15 is 0 Å². The minimum absolute atomic E-state index is 0.658. The summed E-state index contributed by atoms with van der Waals surface area (Å²) in [5.74, 6) is 0.930. The maximum absolute atomic E-state index is 9.47. The van der Waals surface area contributed by atoms with Gasteiger partial charge in [-0.05, 0) is 41.3 Å². The third-order valence-electron chi connectivity index (χ3n) is 3.37. The van der Waals surface area contributed by atoms with Gasteiger partial charge in [0.05, 0.1) is 6.61 Å². The van der Waals surface area contributed by atoms with E-state index in [4.69, 9.17) is 4.74 Å². The molecule has 2 aromatic carbocycles. The molecule has 108 valence electrons. The lowest BCUT2D eigenvalue weighted by Gasteiger charge is -2.12. The number of ether oxygens (including phenoxy) is 1. The molecule has 0 aromatic heterocycles. The number of hydrogen-bond donors (Lipinski definition) is 1. The molecule has 0 saturated heterocycles. The van der Waals surface area contributed by atoms with Crippen LogP contribution in [0.25, 0.3) is 10.8 Å². The number of nitrogens with zero attached hydrogens (tertiary/aromatic N) is 1. The quantitative estimate of drug-likeness (QED) is 0.777. The van der Waals surface area contributed by atoms with Crippen LogP contribution in [-0.4, -0.2) is 30.0 Å². The Bertz CT molecular complexity index is 554. The second-order valence-electron chi connectivity index (χ2n) is 4.99. The lowest BCUT2D eigenvalue weighted by atomic mass is 10.0. The Hall–Kier alpha value is -1.58. The summed E-state index contributed by atoms with van der Waals surface area (Å²) in [6.07, 6.45) is 1.88. The molecule has 0 aliphatic heterocycles. The van der Waals surface area contributed by atoms with Crippen molar-refractivity contribution in [3.63, 3.8) is 0 Å². The highest BCUT2D eigenvalue weighted by Crippen LogP contribution is 2.22. The van der Waals surface area contributed by atoms with Gasteiger partial charge < -0.3 is 9.94 Å². The van der Waals surface area contributed by atoms with E-state index in [0.717, 1.165) is 25.2 Å². The number of fused-ring (bicyclic) bond motifs is 1. The molecule has 2 aromatic rings. The number of hydroxylamine groups is 2. The smallest absolute Gasteiger partial charge is 0.119 e. The number of benzene rings is 2. The number of hydrogen-bond acceptors (Lipinski definition) is 3. The zero-order valence-corrected chi connectivity index (χ0v) is 12.3. The van der Waals surface area contributed by atoms with Crippen LogP contribution in [0.2, 0.25) is 0 Å². The first-order valence-electron chi connectivity index (χ1n) is 7.32. The van der Waals surface area contributed by atoms with Gasteiger partial charge in [-0.25, -0.2) is 0 Å². The third-order valence-corrected chi connectivity index (χ3v) is 3.37. The van der Waals surface area contributed by atoms with Crippen molar-refractivity contribution in [1.29, 1.82) is 0 Å². The average Bonchev–Trinajstić information content (AvgIpc) is 2.50. The molecule has 2 rings (SSSR count). The standard InChI is InChI=1S/C17H23NO2/c1-3-11-20-17-8-7-15-12-14(5-6-16(15)13-17)9-10-18(19)4-2/h5-8,12-13,19H,3-4,9-11H2,1-2H3. The van der Waals surface area contributed by atoms with Crippen LogP contribution in [0, 0.1) is 0 Å². The van der Waals surface area contributed by atoms with E-state index in [2.05, 4.69) is 37.3 Å². The third kappa shape index (κ3) is 3.95. The summed E-state index contributed by atoms with van der Waals surface area (Å²) in [7, 11) is 0. The van der Waals surface area contributed by atoms with E-state index in [1.807, 2.05) is 13.0 Å². The molecule has 20 heavy (non-hydrogen) atoms. The molecule has 1 N–H and O–H groups in total. The highest BCUT2D eigenvalue weighted by Gasteiger charge is 2.02. The molecule has 0 unspecified atom stereocenters. The number of likely N-dealkylation sites (N-methyl/N-ethyl adjacent to an activating group) is 1. The van der Waals surface area contributed by atoms with E-state index in [1.54, 1.807) is 0 Å². The summed E-state index contributed by atoms with van der Waals surface area (Å²) >= 11 is 0. The Kier molecular flexibility index (Phi) is 5.39. The van der Waals surface area contributed by atoms with Crippen LogP contribution in [0.3, 0.4) is 0 Å². The van der Waals surface area contributed by atoms with Gasteiger partial charge in [0, 0.05) is 13.1 Å². The summed E-state index contributed by atoms with van der Waals surface area (Å²) in [6, 6.07) is 12.6. The lowest BCUT2D eigenvalue weighted by Crippen LogP contribution is -2.21. The average molecular weight is 273 g/mol. The van der Waals surface area contributed by atoms with E-state index in [0.29, 0.717) is 13.1 Å². The zero-order valence-electron chi connectivity index (χ0n) is 12.3. The second-order valence-corrected chi connectivity index (χ2v) is 4.99. The molecule has 0 bridgehead atoms. The molecule has 0 heterocycles. The fourth-order valence-corrected chi connectivity index (χ4v) is 2.15. The van der Waals surface area contributed by atoms with Gasteiger partial charge in [0.25, 0.3) is 0 Å². The molecule has 0 aliphatic rings. The summed E-state index contributed by atoms with van der Waals surface area (Å²) in [5.41, 5.74) is 1.24. The van der Waals surface area contributed by atoms with Gasteiger partial charge in [0.1, 0.15) is 5.75 Å². The molecule has 3 nitrogen and oxygen atoms in total. The van der Waals surface area contributed by atoms with Gasteiger partial charge in [0.2, 0.25) is 0 Å². The minimum atomic E-state index is 0.658. The van der Waals surface area contributed by atoms with E-state index in [1.165, 1.54) is 21.4 Å². The molecule has 0 spiro atoms. The molecule has 0 amide bonds. The maximum Gasteiger partial charge on any atom is 0.119 e. The monoisotopic (exact) mass is 273 g/mol. The first kappa shape index (κ1) is 14.8. The molecule has 0 atom stereocenters. The Labute approximate surface area is 120 Å². The van der Waals surface area contributed by atoms with Gasteiger partial charge in [0.15, 0.2) is 0 Å². The van der Waals surface area contributed by atoms with Crippen LogP contribution in [0.5, 0.6) is 5.75 Å². The Morgan fingerprint density at radius 1 is 1.05 bits per heavy atom. The summed E-state index contributed by atoms with van der Waals surface area (Å²) in [6.45, 7) is 6.13. The SMILES string of the molecule is CCCOc1ccc2cc(CCN(O)CC)ccc2c1. The molecular formula is C17H23NO2. The van der Waals surface area contributed by atoms with E-state index in [9.17, 15) is 5.21 Å². The highest BCUT2D eigenvalue weighted by molar-refractivity contribution is 5.84. The van der Waals surface area contributed by atoms with E-state index in [-0.39, 0.29) is 0 Å². The molecule has 0 radical (unpaired) electrons. The first-order chi connectivity index (χ1) is 9.72. The lowest BCUT2D eigenvalue weighted by molar-refractivity contribution is -0.0849. The Morgan fingerprint density at radius 2 is 1.80 bits per heavy atom. The largest absolute Gasteiger partial charge is 0.494 e. The van der Waals surface area contributed by atoms with Crippen molar-refractivity contribution < 1.29 is 9.94 Å². The van der Waals surface area contributed by atoms with Crippen molar-refractivity contribution in [3.8, 4) is 5.75 Å². The Morgan fingerprint density at radius 3 is 2.55 bits per heavy atom.